The molecular weight excluding hydrogens is 420 g/mol. The number of thioether (sulfide) groups is 1. The summed E-state index contributed by atoms with van der Waals surface area (Å²) in [4.78, 5) is 19.5. The highest BCUT2D eigenvalue weighted by Crippen LogP contribution is 2.35. The van der Waals surface area contributed by atoms with Crippen molar-refractivity contribution in [2.75, 3.05) is 33.2 Å². The molecule has 30 heavy (non-hydrogen) atoms. The van der Waals surface area contributed by atoms with E-state index in [2.05, 4.69) is 15.2 Å². The Morgan fingerprint density at radius 3 is 2.40 bits per heavy atom. The summed E-state index contributed by atoms with van der Waals surface area (Å²) < 4.78 is 27.3. The van der Waals surface area contributed by atoms with Crippen molar-refractivity contribution in [1.82, 2.24) is 19.5 Å². The average molecular weight is 447 g/mol. The number of nitrogens with zero attached hydrogens (tertiary/aromatic N) is 3. The molecule has 0 radical (unpaired) electrons. The Bertz CT molecular complexity index is 971. The zero-order valence-corrected chi connectivity index (χ0v) is 18.5. The average Bonchev–Trinajstić information content (AvgIpc) is 3.57. The molecule has 1 aliphatic carbocycles. The number of hydrogen-bond acceptors (Lipinski definition) is 6. The van der Waals surface area contributed by atoms with Gasteiger partial charge in [0.2, 0.25) is 15.9 Å². The first-order chi connectivity index (χ1) is 14.4. The van der Waals surface area contributed by atoms with Crippen molar-refractivity contribution < 1.29 is 13.2 Å². The second-order valence-electron chi connectivity index (χ2n) is 7.73. The first-order valence-corrected chi connectivity index (χ1v) is 12.4. The van der Waals surface area contributed by atoms with Gasteiger partial charge >= 0.3 is 0 Å². The topological polar surface area (TPSA) is 82.6 Å². The number of piperazine rings is 1. The first-order valence-electron chi connectivity index (χ1n) is 10.1. The summed E-state index contributed by atoms with van der Waals surface area (Å²) >= 11 is 1.34. The lowest BCUT2D eigenvalue weighted by atomic mass is 10.1. The van der Waals surface area contributed by atoms with Crippen LogP contribution in [0.1, 0.15) is 23.7 Å². The van der Waals surface area contributed by atoms with Crippen LogP contribution in [0.15, 0.2) is 58.6 Å². The molecule has 1 aromatic carbocycles. The molecule has 1 saturated heterocycles. The van der Waals surface area contributed by atoms with Gasteiger partial charge in [0.05, 0.1) is 5.03 Å². The lowest BCUT2D eigenvalue weighted by molar-refractivity contribution is -0.120. The number of amides is 1. The molecule has 9 heteroatoms. The van der Waals surface area contributed by atoms with Crippen LogP contribution in [-0.2, 0) is 14.8 Å². The molecule has 2 heterocycles. The molecule has 1 amide bonds. The number of pyridine rings is 1. The maximum atomic E-state index is 12.9. The van der Waals surface area contributed by atoms with Crippen LogP contribution in [0.5, 0.6) is 0 Å². The number of sulfonamides is 1. The van der Waals surface area contributed by atoms with Gasteiger partial charge in [-0.3, -0.25) is 4.79 Å². The second-order valence-corrected chi connectivity index (χ2v) is 10.8. The zero-order chi connectivity index (χ0) is 21.1. The van der Waals surface area contributed by atoms with E-state index in [1.165, 1.54) is 22.3 Å². The molecule has 0 unspecified atom stereocenters. The van der Waals surface area contributed by atoms with Gasteiger partial charge in [-0.25, -0.2) is 13.4 Å². The monoisotopic (exact) mass is 446 g/mol. The minimum Gasteiger partial charge on any atom is -0.352 e. The van der Waals surface area contributed by atoms with E-state index in [0.717, 1.165) is 31.5 Å². The third kappa shape index (κ3) is 5.03. The molecule has 2 fully saturated rings. The molecule has 2 aliphatic rings. The van der Waals surface area contributed by atoms with Crippen molar-refractivity contribution in [2.24, 2.45) is 0 Å². The van der Waals surface area contributed by atoms with E-state index in [1.807, 2.05) is 37.4 Å². The number of carbonyl (C=O) groups is 1. The molecule has 0 bridgehead atoms. The van der Waals surface area contributed by atoms with Gasteiger partial charge in [0, 0.05) is 38.4 Å². The van der Waals surface area contributed by atoms with E-state index < -0.39 is 15.3 Å². The summed E-state index contributed by atoms with van der Waals surface area (Å²) in [6.45, 7) is 2.39. The largest absolute Gasteiger partial charge is 0.352 e. The van der Waals surface area contributed by atoms with Crippen LogP contribution in [0, 0.1) is 0 Å². The fourth-order valence-electron chi connectivity index (χ4n) is 3.29. The minimum absolute atomic E-state index is 0.0374. The molecule has 1 saturated carbocycles. The summed E-state index contributed by atoms with van der Waals surface area (Å²) in [6.07, 6.45) is 3.45. The summed E-state index contributed by atoms with van der Waals surface area (Å²) in [5.74, 6) is -0.0374. The third-order valence-corrected chi connectivity index (χ3v) is 8.40. The van der Waals surface area contributed by atoms with E-state index in [-0.39, 0.29) is 16.8 Å². The molecule has 1 aliphatic heterocycles. The molecule has 1 N–H and O–H groups in total. The molecule has 160 valence electrons. The van der Waals surface area contributed by atoms with Gasteiger partial charge in [-0.2, -0.15) is 4.31 Å². The number of nitrogens with one attached hydrogen (secondary N) is 1. The summed E-state index contributed by atoms with van der Waals surface area (Å²) in [5.41, 5.74) is 0.900. The van der Waals surface area contributed by atoms with Crippen LogP contribution in [-0.4, -0.2) is 67.8 Å². The Labute approximate surface area is 181 Å². The SMILES string of the molecule is CN1CCN(S(=O)(=O)c2ccc(S[C@H](C(=O)NC3CC3)c3ccccc3)nc2)CC1. The molecule has 7 nitrogen and oxygen atoms in total. The highest BCUT2D eigenvalue weighted by Gasteiger charge is 2.30. The molecule has 4 rings (SSSR count). The summed E-state index contributed by atoms with van der Waals surface area (Å²) in [5, 5.41) is 3.25. The number of hydrogen-bond donors (Lipinski definition) is 1. The Morgan fingerprint density at radius 1 is 1.10 bits per heavy atom. The fraction of sp³-hybridized carbons (Fsp3) is 0.429. The van der Waals surface area contributed by atoms with E-state index in [1.54, 1.807) is 12.1 Å². The van der Waals surface area contributed by atoms with Gasteiger partial charge < -0.3 is 10.2 Å². The minimum atomic E-state index is -3.55. The van der Waals surface area contributed by atoms with Crippen molar-refractivity contribution in [2.45, 2.75) is 34.1 Å². The van der Waals surface area contributed by atoms with E-state index >= 15 is 0 Å². The van der Waals surface area contributed by atoms with Crippen LogP contribution < -0.4 is 5.32 Å². The number of rotatable bonds is 7. The predicted molar refractivity (Wildman–Crippen MR) is 117 cm³/mol. The molecule has 1 aromatic heterocycles. The number of carbonyl (C=O) groups excluding carboxylic acids is 1. The zero-order valence-electron chi connectivity index (χ0n) is 16.9. The molecule has 1 atom stereocenters. The van der Waals surface area contributed by atoms with Gasteiger partial charge in [0.15, 0.2) is 0 Å². The van der Waals surface area contributed by atoms with Crippen LogP contribution in [0.2, 0.25) is 0 Å². The predicted octanol–water partition coefficient (Wildman–Crippen LogP) is 2.13. The molecule has 2 aromatic rings. The van der Waals surface area contributed by atoms with E-state index in [9.17, 15) is 13.2 Å². The first kappa shape index (κ1) is 21.3. The number of aromatic nitrogens is 1. The van der Waals surface area contributed by atoms with Crippen LogP contribution in [0.25, 0.3) is 0 Å². The van der Waals surface area contributed by atoms with Gasteiger partial charge in [-0.05, 0) is 37.6 Å². The fourth-order valence-corrected chi connectivity index (χ4v) is 5.63. The maximum absolute atomic E-state index is 12.9. The normalized spacial score (nSPS) is 19.4. The molecule has 0 spiro atoms. The van der Waals surface area contributed by atoms with Gasteiger partial charge in [-0.1, -0.05) is 42.1 Å². The van der Waals surface area contributed by atoms with Gasteiger partial charge in [-0.15, -0.1) is 0 Å². The van der Waals surface area contributed by atoms with E-state index in [0.29, 0.717) is 18.1 Å². The highest BCUT2D eigenvalue weighted by molar-refractivity contribution is 8.00. The smallest absolute Gasteiger partial charge is 0.244 e. The Balaban J connectivity index is 1.50. The van der Waals surface area contributed by atoms with E-state index in [4.69, 9.17) is 0 Å². The van der Waals surface area contributed by atoms with Gasteiger partial charge in [0.25, 0.3) is 0 Å². The number of benzene rings is 1. The van der Waals surface area contributed by atoms with Crippen LogP contribution in [0.4, 0.5) is 0 Å². The second kappa shape index (κ2) is 9.05. The lowest BCUT2D eigenvalue weighted by Crippen LogP contribution is -2.47. The maximum Gasteiger partial charge on any atom is 0.244 e. The van der Waals surface area contributed by atoms with Crippen LogP contribution in [0.3, 0.4) is 0 Å². The van der Waals surface area contributed by atoms with Crippen molar-refractivity contribution in [3.8, 4) is 0 Å². The highest BCUT2D eigenvalue weighted by atomic mass is 32.2. The lowest BCUT2D eigenvalue weighted by Gasteiger charge is -2.31. The standard InChI is InChI=1S/C21H26N4O3S2/c1-24-11-13-25(14-12-24)30(27,28)18-9-10-19(22-15-18)29-20(16-5-3-2-4-6-16)21(26)23-17-7-8-17/h2-6,9-10,15,17,20H,7-8,11-14H2,1H3,(H,23,26)/t20-/m0/s1. The third-order valence-electron chi connectivity index (χ3n) is 5.31. The Morgan fingerprint density at radius 2 is 1.80 bits per heavy atom. The van der Waals surface area contributed by atoms with Crippen molar-refractivity contribution in [1.29, 1.82) is 0 Å². The van der Waals surface area contributed by atoms with Gasteiger partial charge in [0.1, 0.15) is 10.1 Å². The summed E-state index contributed by atoms with van der Waals surface area (Å²) in [6, 6.07) is 13.1. The van der Waals surface area contributed by atoms with Crippen molar-refractivity contribution >= 4 is 27.7 Å². The Kier molecular flexibility index (Phi) is 6.43. The summed E-state index contributed by atoms with van der Waals surface area (Å²) in [7, 11) is -1.57. The number of likely N-dealkylation sites (N-methyl/N-ethyl adjacent to an activating group) is 1. The Hall–Kier alpha value is -1.94. The van der Waals surface area contributed by atoms with Crippen molar-refractivity contribution in [3.05, 3.63) is 54.2 Å². The van der Waals surface area contributed by atoms with Crippen molar-refractivity contribution in [3.63, 3.8) is 0 Å². The molecular formula is C21H26N4O3S2. The van der Waals surface area contributed by atoms with Crippen LogP contribution >= 0.6 is 11.8 Å². The quantitative estimate of drug-likeness (QED) is 0.656.